The van der Waals surface area contributed by atoms with Gasteiger partial charge in [-0.3, -0.25) is 14.4 Å². The molecule has 0 spiro atoms. The van der Waals surface area contributed by atoms with Crippen LogP contribution in [0.15, 0.2) is 47.3 Å². The second kappa shape index (κ2) is 7.29. The van der Waals surface area contributed by atoms with Crippen LogP contribution in [0, 0.1) is 5.92 Å². The van der Waals surface area contributed by atoms with Gasteiger partial charge in [-0.1, -0.05) is 18.2 Å². The second-order valence-electron chi connectivity index (χ2n) is 6.16. The van der Waals surface area contributed by atoms with Gasteiger partial charge in [0.1, 0.15) is 5.69 Å². The molecule has 7 nitrogen and oxygen atoms in total. The summed E-state index contributed by atoms with van der Waals surface area (Å²) in [6.45, 7) is 0. The molecule has 2 aromatic rings. The lowest BCUT2D eigenvalue weighted by Crippen LogP contribution is -2.39. The molecule has 0 aliphatic heterocycles. The first-order valence-corrected chi connectivity index (χ1v) is 8.24. The number of rotatable bonds is 4. The normalized spacial score (nSPS) is 20.0. The van der Waals surface area contributed by atoms with Crippen LogP contribution in [0.25, 0.3) is 5.69 Å². The number of benzene rings is 1. The van der Waals surface area contributed by atoms with Crippen molar-refractivity contribution in [1.29, 1.82) is 0 Å². The molecule has 0 atom stereocenters. The fraction of sp³-hybridized carbons (Fsp3) is 0.333. The number of nitrogens with one attached hydrogen (secondary N) is 1. The third-order valence-electron chi connectivity index (χ3n) is 4.45. The van der Waals surface area contributed by atoms with Gasteiger partial charge in [0.05, 0.1) is 11.6 Å². The second-order valence-corrected chi connectivity index (χ2v) is 6.16. The molecule has 1 fully saturated rings. The summed E-state index contributed by atoms with van der Waals surface area (Å²) in [4.78, 5) is 35.4. The average molecular weight is 341 g/mol. The van der Waals surface area contributed by atoms with Crippen molar-refractivity contribution >= 4 is 11.9 Å². The minimum atomic E-state index is -0.776. The summed E-state index contributed by atoms with van der Waals surface area (Å²) in [5, 5.41) is 16.1. The Bertz CT molecular complexity index is 824. The van der Waals surface area contributed by atoms with E-state index in [0.717, 1.165) is 0 Å². The zero-order valence-corrected chi connectivity index (χ0v) is 13.6. The Balaban J connectivity index is 1.71. The first-order chi connectivity index (χ1) is 12.0. The van der Waals surface area contributed by atoms with Gasteiger partial charge < -0.3 is 10.4 Å². The minimum absolute atomic E-state index is 0.0676. The predicted octanol–water partition coefficient (Wildman–Crippen LogP) is 1.61. The number of hydrogen-bond acceptors (Lipinski definition) is 4. The van der Waals surface area contributed by atoms with E-state index >= 15 is 0 Å². The quantitative estimate of drug-likeness (QED) is 0.880. The van der Waals surface area contributed by atoms with Crippen molar-refractivity contribution in [3.8, 4) is 5.69 Å². The first kappa shape index (κ1) is 16.9. The maximum Gasteiger partial charge on any atom is 0.306 e. The van der Waals surface area contributed by atoms with Gasteiger partial charge in [-0.2, -0.15) is 9.78 Å². The molecule has 1 amide bonds. The van der Waals surface area contributed by atoms with Gasteiger partial charge in [0.25, 0.3) is 11.5 Å². The Hall–Kier alpha value is -2.96. The lowest BCUT2D eigenvalue weighted by Gasteiger charge is -2.26. The number of nitrogens with zero attached hydrogens (tertiary/aromatic N) is 2. The van der Waals surface area contributed by atoms with Gasteiger partial charge in [-0.15, -0.1) is 0 Å². The van der Waals surface area contributed by atoms with Crippen LogP contribution in [-0.4, -0.2) is 32.8 Å². The Morgan fingerprint density at radius 2 is 1.72 bits per heavy atom. The van der Waals surface area contributed by atoms with Crippen LogP contribution in [-0.2, 0) is 4.79 Å². The lowest BCUT2D eigenvalue weighted by molar-refractivity contribution is -0.142. The zero-order valence-electron chi connectivity index (χ0n) is 13.6. The Labute approximate surface area is 144 Å². The largest absolute Gasteiger partial charge is 0.481 e. The summed E-state index contributed by atoms with van der Waals surface area (Å²) in [6, 6.07) is 11.5. The van der Waals surface area contributed by atoms with Gasteiger partial charge in [-0.05, 0) is 43.9 Å². The van der Waals surface area contributed by atoms with E-state index < -0.39 is 5.97 Å². The molecule has 1 aromatic carbocycles. The number of aliphatic carboxylic acids is 1. The van der Waals surface area contributed by atoms with E-state index in [1.165, 1.54) is 16.8 Å². The highest BCUT2D eigenvalue weighted by Gasteiger charge is 2.27. The number of carbonyl (C=O) groups is 2. The third-order valence-corrected chi connectivity index (χ3v) is 4.45. The van der Waals surface area contributed by atoms with Crippen LogP contribution < -0.4 is 10.9 Å². The number of para-hydroxylation sites is 1. The summed E-state index contributed by atoms with van der Waals surface area (Å²) in [5.41, 5.74) is 0.428. The molecule has 0 bridgehead atoms. The van der Waals surface area contributed by atoms with Gasteiger partial charge in [0.2, 0.25) is 0 Å². The number of aromatic nitrogens is 2. The van der Waals surface area contributed by atoms with Gasteiger partial charge in [0, 0.05) is 12.1 Å². The topological polar surface area (TPSA) is 101 Å². The van der Waals surface area contributed by atoms with Crippen molar-refractivity contribution in [2.45, 2.75) is 31.7 Å². The Morgan fingerprint density at radius 1 is 1.04 bits per heavy atom. The van der Waals surface area contributed by atoms with E-state index in [4.69, 9.17) is 5.11 Å². The molecule has 130 valence electrons. The van der Waals surface area contributed by atoms with Gasteiger partial charge in [-0.25, -0.2) is 0 Å². The molecule has 1 aliphatic carbocycles. The van der Waals surface area contributed by atoms with Crippen LogP contribution >= 0.6 is 0 Å². The Morgan fingerprint density at radius 3 is 2.36 bits per heavy atom. The van der Waals surface area contributed by atoms with E-state index in [2.05, 4.69) is 10.4 Å². The first-order valence-electron chi connectivity index (χ1n) is 8.24. The van der Waals surface area contributed by atoms with Crippen molar-refractivity contribution in [2.75, 3.05) is 0 Å². The van der Waals surface area contributed by atoms with Gasteiger partial charge in [0.15, 0.2) is 0 Å². The molecular formula is C18H19N3O4. The molecule has 2 N–H and O–H groups in total. The molecule has 1 heterocycles. The summed E-state index contributed by atoms with van der Waals surface area (Å²) in [6.07, 6.45) is 2.36. The highest BCUT2D eigenvalue weighted by atomic mass is 16.4. The number of hydrogen-bond donors (Lipinski definition) is 2. The van der Waals surface area contributed by atoms with E-state index in [1.54, 1.807) is 24.3 Å². The van der Waals surface area contributed by atoms with Crippen molar-refractivity contribution in [2.24, 2.45) is 5.92 Å². The molecule has 7 heteroatoms. The molecule has 3 rings (SSSR count). The third kappa shape index (κ3) is 3.93. The highest BCUT2D eigenvalue weighted by molar-refractivity contribution is 5.92. The van der Waals surface area contributed by atoms with Crippen molar-refractivity contribution in [1.82, 2.24) is 15.1 Å². The van der Waals surface area contributed by atoms with Crippen LogP contribution in [0.1, 0.15) is 36.2 Å². The summed E-state index contributed by atoms with van der Waals surface area (Å²) in [7, 11) is 0. The van der Waals surface area contributed by atoms with Crippen molar-refractivity contribution in [3.05, 3.63) is 58.5 Å². The van der Waals surface area contributed by atoms with E-state index in [9.17, 15) is 14.4 Å². The monoisotopic (exact) mass is 341 g/mol. The molecule has 25 heavy (non-hydrogen) atoms. The lowest BCUT2D eigenvalue weighted by atomic mass is 9.86. The van der Waals surface area contributed by atoms with Gasteiger partial charge >= 0.3 is 5.97 Å². The molecule has 1 aromatic heterocycles. The van der Waals surface area contributed by atoms with E-state index in [-0.39, 0.29) is 29.1 Å². The number of carboxylic acid groups (broad SMARTS) is 1. The minimum Gasteiger partial charge on any atom is -0.481 e. The Kier molecular flexibility index (Phi) is 4.92. The molecule has 0 saturated heterocycles. The number of carboxylic acids is 1. The molecule has 0 radical (unpaired) electrons. The van der Waals surface area contributed by atoms with E-state index in [1.807, 2.05) is 6.07 Å². The van der Waals surface area contributed by atoms with Crippen LogP contribution in [0.4, 0.5) is 0 Å². The molecular weight excluding hydrogens is 322 g/mol. The number of amides is 1. The van der Waals surface area contributed by atoms with E-state index in [0.29, 0.717) is 31.4 Å². The average Bonchev–Trinajstić information content (AvgIpc) is 2.63. The molecule has 1 saturated carbocycles. The summed E-state index contributed by atoms with van der Waals surface area (Å²) < 4.78 is 1.19. The fourth-order valence-electron chi connectivity index (χ4n) is 3.03. The predicted molar refractivity (Wildman–Crippen MR) is 90.7 cm³/mol. The standard InChI is InChI=1S/C18H19N3O4/c22-16-11-10-15(20-21(16)14-4-2-1-3-5-14)17(23)19-13-8-6-12(7-9-13)18(24)25/h1-5,10-13H,6-9H2,(H,19,23)(H,24,25). The van der Waals surface area contributed by atoms with Crippen LogP contribution in [0.5, 0.6) is 0 Å². The maximum atomic E-state index is 12.4. The fourth-order valence-corrected chi connectivity index (χ4v) is 3.03. The number of carbonyl (C=O) groups excluding carboxylic acids is 1. The SMILES string of the molecule is O=C(NC1CCC(C(=O)O)CC1)c1ccc(=O)n(-c2ccccc2)n1. The van der Waals surface area contributed by atoms with Crippen LogP contribution in [0.2, 0.25) is 0 Å². The van der Waals surface area contributed by atoms with Crippen molar-refractivity contribution < 1.29 is 14.7 Å². The zero-order chi connectivity index (χ0) is 17.8. The maximum absolute atomic E-state index is 12.4. The summed E-state index contributed by atoms with van der Waals surface area (Å²) >= 11 is 0. The highest BCUT2D eigenvalue weighted by Crippen LogP contribution is 2.24. The van der Waals surface area contributed by atoms with Crippen molar-refractivity contribution in [3.63, 3.8) is 0 Å². The molecule has 1 aliphatic rings. The molecule has 0 unspecified atom stereocenters. The van der Waals surface area contributed by atoms with Crippen LogP contribution in [0.3, 0.4) is 0 Å². The smallest absolute Gasteiger partial charge is 0.306 e. The summed E-state index contributed by atoms with van der Waals surface area (Å²) in [5.74, 6) is -1.46.